The minimum Gasteiger partial charge on any atom is -0.492 e. The first-order valence-electron chi connectivity index (χ1n) is 6.48. The van der Waals surface area contributed by atoms with Gasteiger partial charge in [-0.25, -0.2) is 4.98 Å². The molecule has 5 heteroatoms. The first-order valence-corrected chi connectivity index (χ1v) is 6.48. The molecule has 2 aromatic rings. The summed E-state index contributed by atoms with van der Waals surface area (Å²) in [4.78, 5) is 12.9. The smallest absolute Gasteiger partial charge is 0.152 e. The monoisotopic (exact) mass is 258 g/mol. The Morgan fingerprint density at radius 3 is 2.79 bits per heavy atom. The van der Waals surface area contributed by atoms with Gasteiger partial charge in [-0.05, 0) is 19.4 Å². The maximum Gasteiger partial charge on any atom is 0.152 e. The average molecular weight is 258 g/mol. The number of hydrogen-bond acceptors (Lipinski definition) is 5. The van der Waals surface area contributed by atoms with E-state index in [2.05, 4.69) is 27.2 Å². The Balaban J connectivity index is 2.30. The largest absolute Gasteiger partial charge is 0.492 e. The highest BCUT2D eigenvalue weighted by molar-refractivity contribution is 5.71. The first kappa shape index (κ1) is 13.3. The van der Waals surface area contributed by atoms with Crippen LogP contribution in [-0.4, -0.2) is 28.1 Å². The Kier molecular flexibility index (Phi) is 4.66. The highest BCUT2D eigenvalue weighted by Crippen LogP contribution is 2.25. The Bertz CT molecular complexity index is 530. The van der Waals surface area contributed by atoms with E-state index in [0.717, 1.165) is 35.8 Å². The summed E-state index contributed by atoms with van der Waals surface area (Å²) >= 11 is 0. The molecule has 0 aromatic carbocycles. The van der Waals surface area contributed by atoms with E-state index in [1.807, 2.05) is 13.0 Å². The Hall–Kier alpha value is -2.17. The lowest BCUT2D eigenvalue weighted by Crippen LogP contribution is -2.03. The number of hydrogen-bond donors (Lipinski definition) is 1. The van der Waals surface area contributed by atoms with Crippen LogP contribution in [0.5, 0.6) is 5.75 Å². The van der Waals surface area contributed by atoms with Crippen molar-refractivity contribution < 1.29 is 4.74 Å². The molecule has 0 fully saturated rings. The molecule has 19 heavy (non-hydrogen) atoms. The quantitative estimate of drug-likeness (QED) is 0.863. The maximum atomic E-state index is 5.59. The molecule has 100 valence electrons. The van der Waals surface area contributed by atoms with Gasteiger partial charge in [0.05, 0.1) is 12.8 Å². The molecule has 0 atom stereocenters. The number of aromatic nitrogens is 3. The predicted octanol–water partition coefficient (Wildman–Crippen LogP) is 2.76. The number of nitrogens with zero attached hydrogens (tertiary/aromatic N) is 3. The number of ether oxygens (including phenoxy) is 1. The van der Waals surface area contributed by atoms with Crippen LogP contribution >= 0.6 is 0 Å². The van der Waals surface area contributed by atoms with Crippen LogP contribution < -0.4 is 10.1 Å². The van der Waals surface area contributed by atoms with E-state index < -0.39 is 0 Å². The van der Waals surface area contributed by atoms with Crippen molar-refractivity contribution in [2.45, 2.75) is 20.3 Å². The van der Waals surface area contributed by atoms with E-state index in [1.54, 1.807) is 24.8 Å². The average Bonchev–Trinajstić information content (AvgIpc) is 2.46. The minimum absolute atomic E-state index is 0.686. The van der Waals surface area contributed by atoms with E-state index in [1.165, 1.54) is 0 Å². The molecular formula is C14H18N4O. The normalized spacial score (nSPS) is 10.2. The fourth-order valence-corrected chi connectivity index (χ4v) is 1.69. The van der Waals surface area contributed by atoms with Crippen molar-refractivity contribution in [1.29, 1.82) is 0 Å². The molecule has 2 rings (SSSR count). The molecule has 0 bridgehead atoms. The van der Waals surface area contributed by atoms with E-state index >= 15 is 0 Å². The SMILES string of the molecule is CCCOc1cncc(-c2nccnc2NCC)c1. The van der Waals surface area contributed by atoms with Gasteiger partial charge in [0.2, 0.25) is 0 Å². The predicted molar refractivity (Wildman–Crippen MR) is 75.2 cm³/mol. The van der Waals surface area contributed by atoms with Crippen molar-refractivity contribution in [2.24, 2.45) is 0 Å². The zero-order valence-electron chi connectivity index (χ0n) is 11.3. The van der Waals surface area contributed by atoms with Crippen molar-refractivity contribution in [1.82, 2.24) is 15.0 Å². The van der Waals surface area contributed by atoms with Gasteiger partial charge < -0.3 is 10.1 Å². The molecule has 5 nitrogen and oxygen atoms in total. The van der Waals surface area contributed by atoms with Gasteiger partial charge in [0.15, 0.2) is 5.82 Å². The fourth-order valence-electron chi connectivity index (χ4n) is 1.69. The van der Waals surface area contributed by atoms with E-state index in [4.69, 9.17) is 4.74 Å². The molecule has 0 spiro atoms. The van der Waals surface area contributed by atoms with Crippen molar-refractivity contribution in [3.63, 3.8) is 0 Å². The molecule has 0 saturated carbocycles. The van der Waals surface area contributed by atoms with Gasteiger partial charge in [0.1, 0.15) is 11.4 Å². The molecular weight excluding hydrogens is 240 g/mol. The van der Waals surface area contributed by atoms with Crippen molar-refractivity contribution in [3.05, 3.63) is 30.9 Å². The van der Waals surface area contributed by atoms with Gasteiger partial charge >= 0.3 is 0 Å². The summed E-state index contributed by atoms with van der Waals surface area (Å²) < 4.78 is 5.59. The van der Waals surface area contributed by atoms with E-state index in [9.17, 15) is 0 Å². The lowest BCUT2D eigenvalue weighted by atomic mass is 10.2. The van der Waals surface area contributed by atoms with Gasteiger partial charge in [-0.15, -0.1) is 0 Å². The van der Waals surface area contributed by atoms with Crippen LogP contribution in [0, 0.1) is 0 Å². The van der Waals surface area contributed by atoms with Crippen LogP contribution in [0.1, 0.15) is 20.3 Å². The van der Waals surface area contributed by atoms with Gasteiger partial charge in [0, 0.05) is 30.7 Å². The lowest BCUT2D eigenvalue weighted by molar-refractivity contribution is 0.316. The van der Waals surface area contributed by atoms with Crippen LogP contribution in [0.3, 0.4) is 0 Å². The van der Waals surface area contributed by atoms with Crippen LogP contribution in [0.4, 0.5) is 5.82 Å². The minimum atomic E-state index is 0.686. The van der Waals surface area contributed by atoms with Crippen molar-refractivity contribution >= 4 is 5.82 Å². The lowest BCUT2D eigenvalue weighted by Gasteiger charge is -2.09. The van der Waals surface area contributed by atoms with Crippen LogP contribution in [-0.2, 0) is 0 Å². The van der Waals surface area contributed by atoms with Gasteiger partial charge in [-0.3, -0.25) is 9.97 Å². The topological polar surface area (TPSA) is 59.9 Å². The molecule has 0 saturated heterocycles. The summed E-state index contributed by atoms with van der Waals surface area (Å²) in [6, 6.07) is 1.94. The van der Waals surface area contributed by atoms with Crippen molar-refractivity contribution in [2.75, 3.05) is 18.5 Å². The Morgan fingerprint density at radius 1 is 1.16 bits per heavy atom. The van der Waals surface area contributed by atoms with E-state index in [-0.39, 0.29) is 0 Å². The van der Waals surface area contributed by atoms with Crippen LogP contribution in [0.25, 0.3) is 11.3 Å². The summed E-state index contributed by atoms with van der Waals surface area (Å²) in [6.07, 6.45) is 7.80. The number of anilines is 1. The van der Waals surface area contributed by atoms with E-state index in [0.29, 0.717) is 6.61 Å². The molecule has 1 N–H and O–H groups in total. The summed E-state index contributed by atoms with van der Waals surface area (Å²) in [5.41, 5.74) is 1.69. The second-order valence-electron chi connectivity index (χ2n) is 4.04. The molecule has 2 heterocycles. The highest BCUT2D eigenvalue weighted by atomic mass is 16.5. The summed E-state index contributed by atoms with van der Waals surface area (Å²) in [7, 11) is 0. The third-order valence-electron chi connectivity index (χ3n) is 2.50. The second-order valence-corrected chi connectivity index (χ2v) is 4.04. The zero-order valence-corrected chi connectivity index (χ0v) is 11.3. The second kappa shape index (κ2) is 6.68. The maximum absolute atomic E-state index is 5.59. The van der Waals surface area contributed by atoms with Crippen LogP contribution in [0.15, 0.2) is 30.9 Å². The molecule has 0 amide bonds. The highest BCUT2D eigenvalue weighted by Gasteiger charge is 2.08. The Labute approximate surface area is 113 Å². The number of pyridine rings is 1. The first-order chi connectivity index (χ1) is 9.35. The summed E-state index contributed by atoms with van der Waals surface area (Å²) in [5.74, 6) is 1.52. The molecule has 0 radical (unpaired) electrons. The Morgan fingerprint density at radius 2 is 2.00 bits per heavy atom. The zero-order chi connectivity index (χ0) is 13.5. The van der Waals surface area contributed by atoms with Gasteiger partial charge in [-0.1, -0.05) is 6.92 Å². The van der Waals surface area contributed by atoms with Crippen LogP contribution in [0.2, 0.25) is 0 Å². The molecule has 0 aliphatic carbocycles. The molecule has 0 aliphatic rings. The fraction of sp³-hybridized carbons (Fsp3) is 0.357. The molecule has 2 aromatic heterocycles. The third kappa shape index (κ3) is 3.40. The molecule has 0 unspecified atom stereocenters. The van der Waals surface area contributed by atoms with Crippen molar-refractivity contribution in [3.8, 4) is 17.0 Å². The van der Waals surface area contributed by atoms with Gasteiger partial charge in [-0.2, -0.15) is 0 Å². The molecule has 0 aliphatic heterocycles. The third-order valence-corrected chi connectivity index (χ3v) is 2.50. The number of rotatable bonds is 6. The number of nitrogens with one attached hydrogen (secondary N) is 1. The standard InChI is InChI=1S/C14H18N4O/c1-3-7-19-12-8-11(9-15-10-12)13-14(16-4-2)18-6-5-17-13/h5-6,8-10H,3-4,7H2,1-2H3,(H,16,18). The summed E-state index contributed by atoms with van der Waals surface area (Å²) in [6.45, 7) is 5.58. The summed E-state index contributed by atoms with van der Waals surface area (Å²) in [5, 5.41) is 3.20. The van der Waals surface area contributed by atoms with Gasteiger partial charge in [0.25, 0.3) is 0 Å².